The lowest BCUT2D eigenvalue weighted by Crippen LogP contribution is -2.52. The Morgan fingerprint density at radius 1 is 1.42 bits per heavy atom. The number of carboxylic acid groups (broad SMARTS) is 1. The van der Waals surface area contributed by atoms with Gasteiger partial charge in [-0.15, -0.1) is 0 Å². The van der Waals surface area contributed by atoms with Crippen LogP contribution in [0.15, 0.2) is 0 Å². The smallest absolute Gasteiger partial charge is 0.328 e. The minimum atomic E-state index is -1.07. The Morgan fingerprint density at radius 2 is 2.16 bits per heavy atom. The van der Waals surface area contributed by atoms with Crippen LogP contribution >= 0.6 is 0 Å². The van der Waals surface area contributed by atoms with E-state index in [1.54, 1.807) is 4.90 Å². The number of methoxy groups -OCH3 is 1. The SMILES string of the molecule is CCC1CCCCCN1C(=O)NC(COC)C(=O)O. The summed E-state index contributed by atoms with van der Waals surface area (Å²) in [4.78, 5) is 25.0. The van der Waals surface area contributed by atoms with Crippen LogP contribution in [0.5, 0.6) is 0 Å². The first-order chi connectivity index (χ1) is 9.10. The molecule has 2 amide bonds. The van der Waals surface area contributed by atoms with Crippen LogP contribution < -0.4 is 5.32 Å². The average molecular weight is 272 g/mol. The van der Waals surface area contributed by atoms with Gasteiger partial charge in [-0.05, 0) is 19.3 Å². The molecule has 1 aliphatic rings. The molecular formula is C13H24N2O4. The lowest BCUT2D eigenvalue weighted by Gasteiger charge is -2.30. The highest BCUT2D eigenvalue weighted by Crippen LogP contribution is 2.19. The van der Waals surface area contributed by atoms with E-state index in [-0.39, 0.29) is 18.7 Å². The van der Waals surface area contributed by atoms with Gasteiger partial charge in [-0.2, -0.15) is 0 Å². The van der Waals surface area contributed by atoms with Crippen molar-refractivity contribution in [2.45, 2.75) is 51.1 Å². The number of hydrogen-bond acceptors (Lipinski definition) is 3. The van der Waals surface area contributed by atoms with Crippen molar-refractivity contribution in [3.05, 3.63) is 0 Å². The molecule has 0 saturated carbocycles. The van der Waals surface area contributed by atoms with Crippen molar-refractivity contribution in [2.75, 3.05) is 20.3 Å². The van der Waals surface area contributed by atoms with E-state index in [9.17, 15) is 9.59 Å². The summed E-state index contributed by atoms with van der Waals surface area (Å²) in [6.45, 7) is 2.73. The Kier molecular flexibility index (Phi) is 6.62. The molecule has 19 heavy (non-hydrogen) atoms. The van der Waals surface area contributed by atoms with Gasteiger partial charge in [0.25, 0.3) is 0 Å². The number of nitrogens with one attached hydrogen (secondary N) is 1. The fraction of sp³-hybridized carbons (Fsp3) is 0.846. The van der Waals surface area contributed by atoms with E-state index in [0.717, 1.165) is 32.1 Å². The minimum absolute atomic E-state index is 0.0221. The van der Waals surface area contributed by atoms with Crippen molar-refractivity contribution >= 4 is 12.0 Å². The van der Waals surface area contributed by atoms with Crippen molar-refractivity contribution in [3.63, 3.8) is 0 Å². The van der Waals surface area contributed by atoms with Gasteiger partial charge in [-0.1, -0.05) is 19.8 Å². The first kappa shape index (κ1) is 15.8. The van der Waals surface area contributed by atoms with Gasteiger partial charge in [0.1, 0.15) is 0 Å². The number of rotatable bonds is 5. The molecule has 2 N–H and O–H groups in total. The van der Waals surface area contributed by atoms with Crippen LogP contribution in [0.1, 0.15) is 39.0 Å². The predicted octanol–water partition coefficient (Wildman–Crippen LogP) is 1.45. The van der Waals surface area contributed by atoms with Crippen LogP contribution in [0.2, 0.25) is 0 Å². The first-order valence-electron chi connectivity index (χ1n) is 6.89. The number of ether oxygens (including phenoxy) is 1. The zero-order valence-corrected chi connectivity index (χ0v) is 11.7. The molecular weight excluding hydrogens is 248 g/mol. The second kappa shape index (κ2) is 7.99. The van der Waals surface area contributed by atoms with E-state index >= 15 is 0 Å². The molecule has 0 radical (unpaired) electrons. The maximum Gasteiger partial charge on any atom is 0.328 e. The fourth-order valence-electron chi connectivity index (χ4n) is 2.44. The van der Waals surface area contributed by atoms with Crippen molar-refractivity contribution in [2.24, 2.45) is 0 Å². The van der Waals surface area contributed by atoms with Crippen molar-refractivity contribution < 1.29 is 19.4 Å². The normalized spacial score (nSPS) is 21.6. The van der Waals surface area contributed by atoms with Gasteiger partial charge in [-0.25, -0.2) is 9.59 Å². The number of carboxylic acids is 1. The molecule has 6 heteroatoms. The zero-order valence-electron chi connectivity index (χ0n) is 11.7. The maximum atomic E-state index is 12.2. The number of nitrogens with zero attached hydrogens (tertiary/aromatic N) is 1. The second-order valence-corrected chi connectivity index (χ2v) is 4.90. The Balaban J connectivity index is 2.64. The fourth-order valence-corrected chi connectivity index (χ4v) is 2.44. The Labute approximate surface area is 114 Å². The number of carbonyl (C=O) groups is 2. The summed E-state index contributed by atoms with van der Waals surface area (Å²) in [5.41, 5.74) is 0. The van der Waals surface area contributed by atoms with E-state index in [1.807, 2.05) is 0 Å². The monoisotopic (exact) mass is 272 g/mol. The van der Waals surface area contributed by atoms with E-state index < -0.39 is 12.0 Å². The van der Waals surface area contributed by atoms with E-state index in [4.69, 9.17) is 9.84 Å². The van der Waals surface area contributed by atoms with Crippen LogP contribution in [0.3, 0.4) is 0 Å². The highest BCUT2D eigenvalue weighted by Gasteiger charge is 2.27. The van der Waals surface area contributed by atoms with Crippen molar-refractivity contribution in [1.29, 1.82) is 0 Å². The molecule has 0 aromatic rings. The maximum absolute atomic E-state index is 12.2. The number of urea groups is 1. The zero-order chi connectivity index (χ0) is 14.3. The molecule has 0 spiro atoms. The van der Waals surface area contributed by atoms with Gasteiger partial charge in [0.15, 0.2) is 6.04 Å². The lowest BCUT2D eigenvalue weighted by atomic mass is 10.1. The number of aliphatic carboxylic acids is 1. The largest absolute Gasteiger partial charge is 0.480 e. The molecule has 110 valence electrons. The second-order valence-electron chi connectivity index (χ2n) is 4.90. The van der Waals surface area contributed by atoms with E-state index in [2.05, 4.69) is 12.2 Å². The van der Waals surface area contributed by atoms with Gasteiger partial charge in [0.05, 0.1) is 6.61 Å². The summed E-state index contributed by atoms with van der Waals surface area (Å²) in [6, 6.07) is -1.07. The summed E-state index contributed by atoms with van der Waals surface area (Å²) in [5.74, 6) is -1.07. The highest BCUT2D eigenvalue weighted by molar-refractivity contribution is 5.82. The molecule has 0 aromatic heterocycles. The van der Waals surface area contributed by atoms with E-state index in [1.165, 1.54) is 7.11 Å². The molecule has 1 rings (SSSR count). The first-order valence-corrected chi connectivity index (χ1v) is 6.89. The summed E-state index contributed by atoms with van der Waals surface area (Å²) >= 11 is 0. The van der Waals surface area contributed by atoms with Gasteiger partial charge >= 0.3 is 12.0 Å². The topological polar surface area (TPSA) is 78.9 Å². The molecule has 1 heterocycles. The van der Waals surface area contributed by atoms with E-state index in [0.29, 0.717) is 6.54 Å². The van der Waals surface area contributed by atoms with Crippen molar-refractivity contribution in [1.82, 2.24) is 10.2 Å². The third kappa shape index (κ3) is 4.70. The van der Waals surface area contributed by atoms with Gasteiger partial charge in [0, 0.05) is 19.7 Å². The summed E-state index contributed by atoms with van der Waals surface area (Å²) in [5, 5.41) is 11.6. The summed E-state index contributed by atoms with van der Waals surface area (Å²) in [7, 11) is 1.42. The molecule has 2 atom stereocenters. The Hall–Kier alpha value is -1.30. The number of hydrogen-bond donors (Lipinski definition) is 2. The van der Waals surface area contributed by atoms with Crippen LogP contribution in [-0.2, 0) is 9.53 Å². The minimum Gasteiger partial charge on any atom is -0.480 e. The molecule has 1 aliphatic heterocycles. The standard InChI is InChI=1S/C13H24N2O4/c1-3-10-7-5-4-6-8-15(10)13(18)14-11(9-19-2)12(16)17/h10-11H,3-9H2,1-2H3,(H,14,18)(H,16,17). The molecule has 1 saturated heterocycles. The number of amides is 2. The Bertz CT molecular complexity index is 309. The third-order valence-corrected chi connectivity index (χ3v) is 3.54. The molecule has 6 nitrogen and oxygen atoms in total. The molecule has 0 aromatic carbocycles. The summed E-state index contributed by atoms with van der Waals surface area (Å²) < 4.78 is 4.82. The van der Waals surface area contributed by atoms with Crippen LogP contribution in [0.25, 0.3) is 0 Å². The quantitative estimate of drug-likeness (QED) is 0.794. The van der Waals surface area contributed by atoms with Gasteiger partial charge < -0.3 is 20.1 Å². The van der Waals surface area contributed by atoms with Gasteiger partial charge in [0.2, 0.25) is 0 Å². The molecule has 2 unspecified atom stereocenters. The van der Waals surface area contributed by atoms with Crippen LogP contribution in [-0.4, -0.2) is 54.4 Å². The highest BCUT2D eigenvalue weighted by atomic mass is 16.5. The lowest BCUT2D eigenvalue weighted by molar-refractivity contribution is -0.140. The molecule has 1 fully saturated rings. The molecule has 0 bridgehead atoms. The number of carbonyl (C=O) groups excluding carboxylic acids is 1. The predicted molar refractivity (Wildman–Crippen MR) is 71.1 cm³/mol. The Morgan fingerprint density at radius 3 is 2.74 bits per heavy atom. The van der Waals surface area contributed by atoms with Crippen molar-refractivity contribution in [3.8, 4) is 0 Å². The molecule has 0 aliphatic carbocycles. The van der Waals surface area contributed by atoms with Crippen LogP contribution in [0.4, 0.5) is 4.79 Å². The summed E-state index contributed by atoms with van der Waals surface area (Å²) in [6.07, 6.45) is 5.12. The third-order valence-electron chi connectivity index (χ3n) is 3.54. The van der Waals surface area contributed by atoms with Gasteiger partial charge in [-0.3, -0.25) is 0 Å². The average Bonchev–Trinajstić information content (AvgIpc) is 2.62. The number of likely N-dealkylation sites (tertiary alicyclic amines) is 1. The van der Waals surface area contributed by atoms with Crippen LogP contribution in [0, 0.1) is 0 Å².